The monoisotopic (exact) mass is 432 g/mol. The van der Waals surface area contributed by atoms with Gasteiger partial charge in [-0.3, -0.25) is 20.2 Å². The Bertz CT molecular complexity index is 1080. The summed E-state index contributed by atoms with van der Waals surface area (Å²) in [4.78, 5) is 23.1. The SMILES string of the molecule is CCCCCCCCc1c(-c2ccccc2[N+](=O)[O-])ccc(-c2ccccc2)c1[N+](=O)[O-]. The Kier molecular flexibility index (Phi) is 8.08. The molecule has 0 unspecified atom stereocenters. The summed E-state index contributed by atoms with van der Waals surface area (Å²) in [6.45, 7) is 2.16. The maximum Gasteiger partial charge on any atom is 0.280 e. The van der Waals surface area contributed by atoms with Gasteiger partial charge in [-0.1, -0.05) is 87.6 Å². The van der Waals surface area contributed by atoms with E-state index < -0.39 is 4.92 Å². The van der Waals surface area contributed by atoms with Crippen LogP contribution in [0.5, 0.6) is 0 Å². The van der Waals surface area contributed by atoms with Crippen LogP contribution in [-0.4, -0.2) is 9.85 Å². The number of para-hydroxylation sites is 1. The number of hydrogen-bond acceptors (Lipinski definition) is 4. The Morgan fingerprint density at radius 2 is 1.28 bits per heavy atom. The summed E-state index contributed by atoms with van der Waals surface area (Å²) in [5.41, 5.74) is 2.86. The number of hydrogen-bond donors (Lipinski definition) is 0. The van der Waals surface area contributed by atoms with Crippen LogP contribution in [0.3, 0.4) is 0 Å². The minimum atomic E-state index is -0.430. The predicted molar refractivity (Wildman–Crippen MR) is 128 cm³/mol. The number of rotatable bonds is 11. The number of benzene rings is 3. The third kappa shape index (κ3) is 5.38. The summed E-state index contributed by atoms with van der Waals surface area (Å²) in [5, 5.41) is 23.9. The molecule has 0 N–H and O–H groups in total. The zero-order valence-electron chi connectivity index (χ0n) is 18.3. The molecule has 6 heteroatoms. The molecule has 0 aliphatic carbocycles. The van der Waals surface area contributed by atoms with Gasteiger partial charge in [0.25, 0.3) is 11.4 Å². The number of unbranched alkanes of at least 4 members (excludes halogenated alkanes) is 5. The van der Waals surface area contributed by atoms with Crippen LogP contribution >= 0.6 is 0 Å². The molecular formula is C26H28N2O4. The highest BCUT2D eigenvalue weighted by molar-refractivity contribution is 5.85. The highest BCUT2D eigenvalue weighted by Gasteiger charge is 2.27. The quantitative estimate of drug-likeness (QED) is 0.176. The van der Waals surface area contributed by atoms with E-state index in [9.17, 15) is 20.2 Å². The van der Waals surface area contributed by atoms with Crippen molar-refractivity contribution in [1.82, 2.24) is 0 Å². The van der Waals surface area contributed by atoms with Gasteiger partial charge in [0.2, 0.25) is 0 Å². The van der Waals surface area contributed by atoms with E-state index >= 15 is 0 Å². The fourth-order valence-electron chi connectivity index (χ4n) is 4.14. The molecule has 3 rings (SSSR count). The summed E-state index contributed by atoms with van der Waals surface area (Å²) in [6, 6.07) is 19.2. The lowest BCUT2D eigenvalue weighted by molar-refractivity contribution is -0.385. The molecule has 0 amide bonds. The second-order valence-corrected chi connectivity index (χ2v) is 7.90. The van der Waals surface area contributed by atoms with Crippen LogP contribution in [0.4, 0.5) is 11.4 Å². The summed E-state index contributed by atoms with van der Waals surface area (Å²) in [6.07, 6.45) is 6.86. The smallest absolute Gasteiger partial charge is 0.258 e. The van der Waals surface area contributed by atoms with Gasteiger partial charge in [-0.2, -0.15) is 0 Å². The lowest BCUT2D eigenvalue weighted by Crippen LogP contribution is -2.03. The van der Waals surface area contributed by atoms with Gasteiger partial charge in [-0.15, -0.1) is 0 Å². The van der Waals surface area contributed by atoms with Gasteiger partial charge in [-0.05, 0) is 36.1 Å². The van der Waals surface area contributed by atoms with Gasteiger partial charge >= 0.3 is 0 Å². The van der Waals surface area contributed by atoms with Crippen molar-refractivity contribution in [3.8, 4) is 22.3 Å². The average molecular weight is 433 g/mol. The Hall–Kier alpha value is -3.54. The highest BCUT2D eigenvalue weighted by Crippen LogP contribution is 2.42. The molecule has 0 bridgehead atoms. The first-order chi connectivity index (χ1) is 15.5. The summed E-state index contributed by atoms with van der Waals surface area (Å²) < 4.78 is 0. The van der Waals surface area contributed by atoms with Crippen molar-refractivity contribution in [2.45, 2.75) is 51.9 Å². The van der Waals surface area contributed by atoms with E-state index in [1.54, 1.807) is 30.3 Å². The predicted octanol–water partition coefficient (Wildman–Crippen LogP) is 7.74. The molecule has 0 spiro atoms. The van der Waals surface area contributed by atoms with E-state index in [2.05, 4.69) is 6.92 Å². The van der Waals surface area contributed by atoms with Crippen molar-refractivity contribution in [3.63, 3.8) is 0 Å². The Morgan fingerprint density at radius 1 is 0.656 bits per heavy atom. The van der Waals surface area contributed by atoms with Crippen LogP contribution in [0.2, 0.25) is 0 Å². The van der Waals surface area contributed by atoms with Crippen LogP contribution in [0.25, 0.3) is 22.3 Å². The molecule has 0 radical (unpaired) electrons. The van der Waals surface area contributed by atoms with E-state index in [1.165, 1.54) is 12.5 Å². The Labute approximate surface area is 188 Å². The molecule has 166 valence electrons. The molecule has 3 aromatic carbocycles. The third-order valence-electron chi connectivity index (χ3n) is 5.72. The molecule has 6 nitrogen and oxygen atoms in total. The second kappa shape index (κ2) is 11.2. The topological polar surface area (TPSA) is 86.3 Å². The first kappa shape index (κ1) is 23.1. The lowest BCUT2D eigenvalue weighted by Gasteiger charge is -2.14. The van der Waals surface area contributed by atoms with Crippen LogP contribution in [0, 0.1) is 20.2 Å². The van der Waals surface area contributed by atoms with Gasteiger partial charge < -0.3 is 0 Å². The Morgan fingerprint density at radius 3 is 1.97 bits per heavy atom. The van der Waals surface area contributed by atoms with Gasteiger partial charge in [0.15, 0.2) is 0 Å². The highest BCUT2D eigenvalue weighted by atomic mass is 16.6. The third-order valence-corrected chi connectivity index (χ3v) is 5.72. The molecule has 0 fully saturated rings. The van der Waals surface area contributed by atoms with Crippen LogP contribution in [0.1, 0.15) is 51.0 Å². The average Bonchev–Trinajstić information content (AvgIpc) is 2.81. The molecule has 0 heterocycles. The van der Waals surface area contributed by atoms with Crippen LogP contribution in [-0.2, 0) is 6.42 Å². The molecule has 0 aliphatic rings. The summed E-state index contributed by atoms with van der Waals surface area (Å²) >= 11 is 0. The fraction of sp³-hybridized carbons (Fsp3) is 0.308. The van der Waals surface area contributed by atoms with Crippen LogP contribution in [0.15, 0.2) is 66.7 Å². The molecule has 0 saturated carbocycles. The largest absolute Gasteiger partial charge is 0.280 e. The zero-order chi connectivity index (χ0) is 22.9. The van der Waals surface area contributed by atoms with E-state index in [4.69, 9.17) is 0 Å². The Balaban J connectivity index is 2.11. The van der Waals surface area contributed by atoms with E-state index in [-0.39, 0.29) is 16.3 Å². The van der Waals surface area contributed by atoms with Crippen LogP contribution < -0.4 is 0 Å². The van der Waals surface area contributed by atoms with E-state index in [1.807, 2.05) is 30.3 Å². The van der Waals surface area contributed by atoms with Gasteiger partial charge in [0, 0.05) is 11.6 Å². The summed E-state index contributed by atoms with van der Waals surface area (Å²) in [7, 11) is 0. The molecule has 0 saturated heterocycles. The standard InChI is InChI=1S/C26H28N2O4/c1-2-3-4-5-6-10-16-24-22(23-15-11-12-17-25(23)27(29)30)19-18-21(26(24)28(31)32)20-13-8-7-9-14-20/h7-9,11-15,17-19H,2-6,10,16H2,1H3. The lowest BCUT2D eigenvalue weighted by atomic mass is 9.89. The number of nitro groups is 2. The van der Waals surface area contributed by atoms with E-state index in [0.29, 0.717) is 28.7 Å². The maximum absolute atomic E-state index is 12.3. The minimum absolute atomic E-state index is 0.0420. The first-order valence-electron chi connectivity index (χ1n) is 11.1. The molecule has 0 aliphatic heterocycles. The minimum Gasteiger partial charge on any atom is -0.258 e. The van der Waals surface area contributed by atoms with Gasteiger partial charge in [0.1, 0.15) is 0 Å². The van der Waals surface area contributed by atoms with Crippen molar-refractivity contribution in [3.05, 3.63) is 92.5 Å². The molecule has 0 aromatic heterocycles. The van der Waals surface area contributed by atoms with Crippen molar-refractivity contribution >= 4 is 11.4 Å². The van der Waals surface area contributed by atoms with Crippen molar-refractivity contribution in [2.75, 3.05) is 0 Å². The molecule has 0 atom stereocenters. The summed E-state index contributed by atoms with van der Waals surface area (Å²) in [5.74, 6) is 0. The fourth-order valence-corrected chi connectivity index (χ4v) is 4.14. The zero-order valence-corrected chi connectivity index (χ0v) is 18.3. The van der Waals surface area contributed by atoms with Crippen molar-refractivity contribution in [1.29, 1.82) is 0 Å². The maximum atomic E-state index is 12.3. The van der Waals surface area contributed by atoms with Crippen molar-refractivity contribution < 1.29 is 9.85 Å². The normalized spacial score (nSPS) is 10.8. The first-order valence-corrected chi connectivity index (χ1v) is 11.1. The number of nitro benzene ring substituents is 2. The van der Waals surface area contributed by atoms with Gasteiger partial charge in [-0.25, -0.2) is 0 Å². The van der Waals surface area contributed by atoms with E-state index in [0.717, 1.165) is 37.7 Å². The molecule has 3 aromatic rings. The van der Waals surface area contributed by atoms with Gasteiger partial charge in [0.05, 0.1) is 21.0 Å². The molecule has 32 heavy (non-hydrogen) atoms. The second-order valence-electron chi connectivity index (χ2n) is 7.90. The van der Waals surface area contributed by atoms with Crippen molar-refractivity contribution in [2.24, 2.45) is 0 Å². The molecular weight excluding hydrogens is 404 g/mol. The number of nitrogens with zero attached hydrogens (tertiary/aromatic N) is 2.